The fraction of sp³-hybridized carbons (Fsp3) is 0.278. The molecule has 0 bridgehead atoms. The van der Waals surface area contributed by atoms with Gasteiger partial charge >= 0.3 is 5.97 Å². The Morgan fingerprint density at radius 1 is 1.17 bits per heavy atom. The molecular formula is C18H19N3O3. The lowest BCUT2D eigenvalue weighted by Crippen LogP contribution is -2.14. The minimum absolute atomic E-state index is 0.249. The Labute approximate surface area is 139 Å². The molecule has 124 valence electrons. The van der Waals surface area contributed by atoms with E-state index in [0.717, 1.165) is 24.5 Å². The Bertz CT molecular complexity index is 756. The average molecular weight is 325 g/mol. The Kier molecular flexibility index (Phi) is 4.74. The molecule has 1 aromatic carbocycles. The van der Waals surface area contributed by atoms with Crippen LogP contribution in [0, 0.1) is 0 Å². The number of hydrogen-bond donors (Lipinski definition) is 2. The third-order valence-electron chi connectivity index (χ3n) is 4.13. The maximum Gasteiger partial charge on any atom is 0.328 e. The van der Waals surface area contributed by atoms with Gasteiger partial charge < -0.3 is 10.4 Å². The van der Waals surface area contributed by atoms with E-state index < -0.39 is 5.97 Å². The smallest absolute Gasteiger partial charge is 0.328 e. The number of carbonyl (C=O) groups excluding carboxylic acids is 1. The summed E-state index contributed by atoms with van der Waals surface area (Å²) in [5.74, 6) is -1.24. The summed E-state index contributed by atoms with van der Waals surface area (Å²) in [6.45, 7) is 0. The quantitative estimate of drug-likeness (QED) is 0.826. The summed E-state index contributed by atoms with van der Waals surface area (Å²) in [6, 6.07) is 9.09. The third-order valence-corrected chi connectivity index (χ3v) is 4.13. The van der Waals surface area contributed by atoms with Crippen molar-refractivity contribution in [3.8, 4) is 0 Å². The first-order valence-corrected chi connectivity index (χ1v) is 7.99. The molecule has 0 unspecified atom stereocenters. The van der Waals surface area contributed by atoms with Crippen molar-refractivity contribution in [3.05, 3.63) is 53.9 Å². The second-order valence-corrected chi connectivity index (χ2v) is 5.87. The van der Waals surface area contributed by atoms with Crippen LogP contribution in [0.3, 0.4) is 0 Å². The number of anilines is 1. The lowest BCUT2D eigenvalue weighted by atomic mass is 10.2. The number of carboxylic acids is 1. The highest BCUT2D eigenvalue weighted by molar-refractivity contribution is 6.02. The number of amides is 1. The topological polar surface area (TPSA) is 84.2 Å². The number of aliphatic carboxylic acids is 1. The monoisotopic (exact) mass is 325 g/mol. The summed E-state index contributed by atoms with van der Waals surface area (Å²) < 4.78 is 1.89. The molecule has 1 amide bonds. The summed E-state index contributed by atoms with van der Waals surface area (Å²) in [6.07, 6.45) is 9.11. The lowest BCUT2D eigenvalue weighted by molar-refractivity contribution is -0.131. The molecule has 2 N–H and O–H groups in total. The summed E-state index contributed by atoms with van der Waals surface area (Å²) in [4.78, 5) is 22.8. The molecule has 0 saturated heterocycles. The van der Waals surface area contributed by atoms with E-state index in [4.69, 9.17) is 5.11 Å². The number of rotatable bonds is 5. The maximum absolute atomic E-state index is 12.3. The largest absolute Gasteiger partial charge is 0.478 e. The molecule has 6 heteroatoms. The van der Waals surface area contributed by atoms with E-state index in [9.17, 15) is 9.59 Å². The number of nitrogens with one attached hydrogen (secondary N) is 1. The second-order valence-electron chi connectivity index (χ2n) is 5.87. The van der Waals surface area contributed by atoms with Gasteiger partial charge in [-0.15, -0.1) is 0 Å². The fourth-order valence-corrected chi connectivity index (χ4v) is 2.87. The van der Waals surface area contributed by atoms with Crippen LogP contribution >= 0.6 is 0 Å². The normalized spacial score (nSPS) is 15.0. The SMILES string of the molecule is O=C(O)/C=C/c1ccc(NC(=O)c2ccn(C3CCCC3)n2)cc1. The zero-order chi connectivity index (χ0) is 16.9. The van der Waals surface area contributed by atoms with Crippen molar-refractivity contribution in [2.75, 3.05) is 5.32 Å². The third kappa shape index (κ3) is 3.90. The van der Waals surface area contributed by atoms with Crippen molar-refractivity contribution >= 4 is 23.6 Å². The van der Waals surface area contributed by atoms with Crippen LogP contribution in [0.25, 0.3) is 6.08 Å². The molecule has 1 heterocycles. The molecule has 0 radical (unpaired) electrons. The second kappa shape index (κ2) is 7.12. The van der Waals surface area contributed by atoms with Gasteiger partial charge in [-0.25, -0.2) is 4.79 Å². The van der Waals surface area contributed by atoms with E-state index in [-0.39, 0.29) is 5.91 Å². The predicted molar refractivity (Wildman–Crippen MR) is 90.8 cm³/mol. The van der Waals surface area contributed by atoms with E-state index in [0.29, 0.717) is 17.4 Å². The standard InChI is InChI=1S/C18H19N3O3/c22-17(23)10-7-13-5-8-14(9-6-13)19-18(24)16-11-12-21(20-16)15-3-1-2-4-15/h5-12,15H,1-4H2,(H,19,24)(H,22,23)/b10-7+. The molecule has 1 aromatic heterocycles. The van der Waals surface area contributed by atoms with E-state index in [1.807, 2.05) is 10.9 Å². The molecular weight excluding hydrogens is 306 g/mol. The number of carboxylic acid groups (broad SMARTS) is 1. The van der Waals surface area contributed by atoms with Crippen molar-refractivity contribution in [3.63, 3.8) is 0 Å². The predicted octanol–water partition coefficient (Wildman–Crippen LogP) is 3.35. The van der Waals surface area contributed by atoms with Gasteiger partial charge in [0.05, 0.1) is 6.04 Å². The highest BCUT2D eigenvalue weighted by Crippen LogP contribution is 2.28. The van der Waals surface area contributed by atoms with Crippen molar-refractivity contribution in [1.82, 2.24) is 9.78 Å². The summed E-state index contributed by atoms with van der Waals surface area (Å²) in [7, 11) is 0. The van der Waals surface area contributed by atoms with E-state index in [1.165, 1.54) is 18.9 Å². The number of aromatic nitrogens is 2. The van der Waals surface area contributed by atoms with Crippen LogP contribution in [-0.4, -0.2) is 26.8 Å². The minimum Gasteiger partial charge on any atom is -0.478 e. The molecule has 1 fully saturated rings. The van der Waals surface area contributed by atoms with Crippen molar-refractivity contribution in [2.45, 2.75) is 31.7 Å². The molecule has 6 nitrogen and oxygen atoms in total. The van der Waals surface area contributed by atoms with Gasteiger partial charge in [-0.05, 0) is 42.7 Å². The molecule has 0 spiro atoms. The zero-order valence-electron chi connectivity index (χ0n) is 13.2. The minimum atomic E-state index is -0.995. The molecule has 3 rings (SSSR count). The van der Waals surface area contributed by atoms with Crippen molar-refractivity contribution in [1.29, 1.82) is 0 Å². The molecule has 2 aromatic rings. The molecule has 1 aliphatic carbocycles. The van der Waals surface area contributed by atoms with Crippen molar-refractivity contribution in [2.24, 2.45) is 0 Å². The zero-order valence-corrected chi connectivity index (χ0v) is 13.2. The first-order valence-electron chi connectivity index (χ1n) is 7.99. The van der Waals surface area contributed by atoms with Gasteiger partial charge in [0.15, 0.2) is 5.69 Å². The van der Waals surface area contributed by atoms with Gasteiger partial charge in [-0.3, -0.25) is 9.48 Å². The summed E-state index contributed by atoms with van der Waals surface area (Å²) >= 11 is 0. The van der Waals surface area contributed by atoms with E-state index in [1.54, 1.807) is 30.3 Å². The summed E-state index contributed by atoms with van der Waals surface area (Å²) in [5, 5.41) is 15.8. The fourth-order valence-electron chi connectivity index (χ4n) is 2.87. The van der Waals surface area contributed by atoms with Crippen LogP contribution in [-0.2, 0) is 4.79 Å². The Hall–Kier alpha value is -2.89. The highest BCUT2D eigenvalue weighted by Gasteiger charge is 2.19. The number of nitrogens with zero attached hydrogens (tertiary/aromatic N) is 2. The molecule has 1 aliphatic rings. The van der Waals surface area contributed by atoms with Crippen LogP contribution in [0.1, 0.15) is 47.8 Å². The van der Waals surface area contributed by atoms with Crippen LogP contribution in [0.15, 0.2) is 42.6 Å². The van der Waals surface area contributed by atoms with Gasteiger partial charge in [-0.2, -0.15) is 5.10 Å². The van der Waals surface area contributed by atoms with Crippen LogP contribution in [0.2, 0.25) is 0 Å². The molecule has 1 saturated carbocycles. The van der Waals surface area contributed by atoms with Gasteiger partial charge in [0.1, 0.15) is 0 Å². The van der Waals surface area contributed by atoms with Gasteiger partial charge in [0.2, 0.25) is 0 Å². The van der Waals surface area contributed by atoms with Crippen LogP contribution in [0.4, 0.5) is 5.69 Å². The maximum atomic E-state index is 12.3. The van der Waals surface area contributed by atoms with E-state index in [2.05, 4.69) is 10.4 Å². The molecule has 24 heavy (non-hydrogen) atoms. The Morgan fingerprint density at radius 2 is 1.88 bits per heavy atom. The average Bonchev–Trinajstić information content (AvgIpc) is 3.25. The summed E-state index contributed by atoms with van der Waals surface area (Å²) in [5.41, 5.74) is 1.79. The van der Waals surface area contributed by atoms with Gasteiger partial charge in [-0.1, -0.05) is 25.0 Å². The van der Waals surface area contributed by atoms with Crippen LogP contribution in [0.5, 0.6) is 0 Å². The molecule has 0 aliphatic heterocycles. The Balaban J connectivity index is 1.63. The molecule has 0 atom stereocenters. The first-order chi connectivity index (χ1) is 11.6. The number of carbonyl (C=O) groups is 2. The lowest BCUT2D eigenvalue weighted by Gasteiger charge is -2.08. The van der Waals surface area contributed by atoms with E-state index >= 15 is 0 Å². The number of benzene rings is 1. The highest BCUT2D eigenvalue weighted by atomic mass is 16.4. The number of hydrogen-bond acceptors (Lipinski definition) is 3. The Morgan fingerprint density at radius 3 is 2.54 bits per heavy atom. The van der Waals surface area contributed by atoms with Crippen LogP contribution < -0.4 is 5.32 Å². The van der Waals surface area contributed by atoms with Gasteiger partial charge in [0.25, 0.3) is 5.91 Å². The van der Waals surface area contributed by atoms with Crippen molar-refractivity contribution < 1.29 is 14.7 Å². The van der Waals surface area contributed by atoms with Gasteiger partial charge in [0, 0.05) is 18.0 Å². The first kappa shape index (κ1) is 16.0.